The molecule has 3 saturated heterocycles. The molecule has 7 atom stereocenters. The Bertz CT molecular complexity index is 905. The Hall–Kier alpha value is -2.02. The van der Waals surface area contributed by atoms with Crippen molar-refractivity contribution in [3.05, 3.63) is 0 Å². The lowest BCUT2D eigenvalue weighted by Gasteiger charge is -2.45. The minimum atomic E-state index is -2.39. The maximum absolute atomic E-state index is 13.5. The molecule has 0 aromatic heterocycles. The molecule has 3 heterocycles. The summed E-state index contributed by atoms with van der Waals surface area (Å²) >= 11 is 0. The second kappa shape index (κ2) is 10.0. The predicted molar refractivity (Wildman–Crippen MR) is 130 cm³/mol. The fourth-order valence-corrected chi connectivity index (χ4v) is 6.42. The molecule has 4 bridgehead atoms. The number of esters is 3. The zero-order valence-corrected chi connectivity index (χ0v) is 23.8. The van der Waals surface area contributed by atoms with E-state index in [2.05, 4.69) is 33.9 Å². The molecule has 0 N–H and O–H groups in total. The number of amides is 1. The second-order valence-corrected chi connectivity index (χ2v) is 15.9. The molecule has 11 nitrogen and oxygen atoms in total. The molecule has 3 fully saturated rings. The van der Waals surface area contributed by atoms with Crippen LogP contribution in [0.3, 0.4) is 0 Å². The molecule has 0 aliphatic carbocycles. The lowest BCUT2D eigenvalue weighted by atomic mass is 9.86. The number of rotatable bonds is 8. The van der Waals surface area contributed by atoms with Crippen molar-refractivity contribution in [2.75, 3.05) is 20.8 Å². The van der Waals surface area contributed by atoms with Crippen LogP contribution in [-0.4, -0.2) is 93.0 Å². The second-order valence-electron chi connectivity index (χ2n) is 11.2. The molecule has 0 aromatic carbocycles. The largest absolute Gasteiger partial charge is 0.469 e. The Labute approximate surface area is 213 Å². The van der Waals surface area contributed by atoms with Crippen LogP contribution in [0.2, 0.25) is 18.1 Å². The highest BCUT2D eigenvalue weighted by molar-refractivity contribution is 6.74. The van der Waals surface area contributed by atoms with E-state index in [9.17, 15) is 19.2 Å². The van der Waals surface area contributed by atoms with Crippen LogP contribution in [0.5, 0.6) is 0 Å². The molecule has 204 valence electrons. The van der Waals surface area contributed by atoms with E-state index in [-0.39, 0.29) is 18.1 Å². The third-order valence-corrected chi connectivity index (χ3v) is 12.4. The third-order valence-electron chi connectivity index (χ3n) is 7.89. The maximum Gasteiger partial charge on any atom is 0.362 e. The molecule has 3 aliphatic heterocycles. The number of hydrogen-bond donors (Lipinski definition) is 0. The molecule has 1 unspecified atom stereocenters. The number of nitrogens with zero attached hydrogens (tertiary/aromatic N) is 2. The molecule has 12 heteroatoms. The Morgan fingerprint density at radius 3 is 2.31 bits per heavy atom. The SMILES string of the molecule is CCCCOC(=O)[C@@H]1[C@H](C(=O)OC)[C@@]2(C(=O)OC)O[C@@H](C)[C@H](O[Si](C)(C)C(C)(C)C)[C@H]3CC(=O)N2N31. The molecule has 1 amide bonds. The van der Waals surface area contributed by atoms with Crippen molar-refractivity contribution in [2.24, 2.45) is 5.92 Å². The van der Waals surface area contributed by atoms with Crippen LogP contribution in [0.15, 0.2) is 0 Å². The summed E-state index contributed by atoms with van der Waals surface area (Å²) in [6, 6.07) is -1.99. The van der Waals surface area contributed by atoms with Gasteiger partial charge in [-0.2, -0.15) is 5.01 Å². The zero-order chi connectivity index (χ0) is 27.2. The van der Waals surface area contributed by atoms with Crippen molar-refractivity contribution in [1.29, 1.82) is 0 Å². The highest BCUT2D eigenvalue weighted by Gasteiger charge is 2.77. The van der Waals surface area contributed by atoms with E-state index in [1.807, 2.05) is 6.92 Å². The highest BCUT2D eigenvalue weighted by atomic mass is 28.4. The maximum atomic E-state index is 13.5. The van der Waals surface area contributed by atoms with Crippen molar-refractivity contribution in [2.45, 2.75) is 102 Å². The minimum Gasteiger partial charge on any atom is -0.469 e. The number of ether oxygens (including phenoxy) is 4. The lowest BCUT2D eigenvalue weighted by Crippen LogP contribution is -2.64. The van der Waals surface area contributed by atoms with Crippen LogP contribution in [0.4, 0.5) is 0 Å². The quantitative estimate of drug-likeness (QED) is 0.200. The van der Waals surface area contributed by atoms with E-state index in [0.29, 0.717) is 6.42 Å². The predicted octanol–water partition coefficient (Wildman–Crippen LogP) is 2.00. The minimum absolute atomic E-state index is 0.0155. The van der Waals surface area contributed by atoms with Crippen LogP contribution in [0.1, 0.15) is 53.9 Å². The van der Waals surface area contributed by atoms with E-state index < -0.39 is 68.1 Å². The average molecular weight is 529 g/mol. The Balaban J connectivity index is 2.19. The van der Waals surface area contributed by atoms with Gasteiger partial charge in [0.1, 0.15) is 12.0 Å². The van der Waals surface area contributed by atoms with Gasteiger partial charge >= 0.3 is 17.9 Å². The van der Waals surface area contributed by atoms with Crippen LogP contribution in [0, 0.1) is 5.92 Å². The molecule has 36 heavy (non-hydrogen) atoms. The summed E-state index contributed by atoms with van der Waals surface area (Å²) in [5, 5.41) is 2.40. The number of methoxy groups -OCH3 is 2. The Kier molecular flexibility index (Phi) is 7.95. The average Bonchev–Trinajstić information content (AvgIpc) is 3.26. The van der Waals surface area contributed by atoms with E-state index >= 15 is 0 Å². The first kappa shape index (κ1) is 28.5. The number of hydrogen-bond acceptors (Lipinski definition) is 10. The fraction of sp³-hybridized carbons (Fsp3) is 0.833. The molecule has 3 aliphatic rings. The number of unbranched alkanes of at least 4 members (excludes halogenated alkanes) is 1. The molecule has 0 saturated carbocycles. The van der Waals surface area contributed by atoms with Gasteiger partial charge in [-0.05, 0) is 31.5 Å². The van der Waals surface area contributed by atoms with Gasteiger partial charge in [0.25, 0.3) is 5.72 Å². The number of hydrazine groups is 1. The topological polar surface area (TPSA) is 121 Å². The van der Waals surface area contributed by atoms with E-state index in [4.69, 9.17) is 23.4 Å². The van der Waals surface area contributed by atoms with Gasteiger partial charge in [-0.3, -0.25) is 14.4 Å². The molecular formula is C24H40N2O9Si. The number of carbonyl (C=O) groups excluding carboxylic acids is 4. The van der Waals surface area contributed by atoms with Gasteiger partial charge in [-0.25, -0.2) is 9.80 Å². The first-order valence-electron chi connectivity index (χ1n) is 12.5. The van der Waals surface area contributed by atoms with Crippen molar-refractivity contribution < 1.29 is 42.6 Å². The van der Waals surface area contributed by atoms with E-state index in [0.717, 1.165) is 25.6 Å². The zero-order valence-electron chi connectivity index (χ0n) is 22.8. The molecule has 0 radical (unpaired) electrons. The highest BCUT2D eigenvalue weighted by Crippen LogP contribution is 2.53. The molecule has 3 rings (SSSR count). The van der Waals surface area contributed by atoms with E-state index in [1.54, 1.807) is 6.92 Å². The molecule has 0 aromatic rings. The van der Waals surface area contributed by atoms with Gasteiger partial charge < -0.3 is 23.4 Å². The van der Waals surface area contributed by atoms with Gasteiger partial charge in [0.2, 0.25) is 5.91 Å². The van der Waals surface area contributed by atoms with Gasteiger partial charge in [0.05, 0.1) is 39.1 Å². The van der Waals surface area contributed by atoms with Crippen molar-refractivity contribution in [3.8, 4) is 0 Å². The van der Waals surface area contributed by atoms with Gasteiger partial charge in [0, 0.05) is 6.42 Å². The molecular weight excluding hydrogens is 488 g/mol. The third kappa shape index (κ3) is 4.35. The first-order valence-corrected chi connectivity index (χ1v) is 15.4. The van der Waals surface area contributed by atoms with Crippen molar-refractivity contribution >= 4 is 32.1 Å². The standard InChI is InChI=1S/C24H40N2O9Si/c1-10-11-12-33-21(29)18-17(20(28)31-6)24(22(30)32-7)26-16(27)13-15(25(18)26)19(14(2)34-24)35-36(8,9)23(3,4)5/h14-15,17-19H,10-13H2,1-9H3/t14-,15+,17+,18-,19-,24-/m0/s1. The summed E-state index contributed by atoms with van der Waals surface area (Å²) in [6.07, 6.45) is 0.0345. The lowest BCUT2D eigenvalue weighted by molar-refractivity contribution is -0.230. The normalized spacial score (nSPS) is 33.8. The summed E-state index contributed by atoms with van der Waals surface area (Å²) in [5.74, 6) is -4.57. The van der Waals surface area contributed by atoms with Gasteiger partial charge in [0.15, 0.2) is 8.32 Å². The van der Waals surface area contributed by atoms with Crippen LogP contribution < -0.4 is 0 Å². The summed E-state index contributed by atoms with van der Waals surface area (Å²) in [7, 11) is -0.0913. The smallest absolute Gasteiger partial charge is 0.362 e. The van der Waals surface area contributed by atoms with Crippen molar-refractivity contribution in [1.82, 2.24) is 10.0 Å². The van der Waals surface area contributed by atoms with Crippen molar-refractivity contribution in [3.63, 3.8) is 0 Å². The molecule has 0 spiro atoms. The van der Waals surface area contributed by atoms with Crippen LogP contribution >= 0.6 is 0 Å². The summed E-state index contributed by atoms with van der Waals surface area (Å²) in [6.45, 7) is 14.3. The summed E-state index contributed by atoms with van der Waals surface area (Å²) in [4.78, 5) is 53.5. The van der Waals surface area contributed by atoms with Gasteiger partial charge in [-0.15, -0.1) is 0 Å². The van der Waals surface area contributed by atoms with Crippen LogP contribution in [0.25, 0.3) is 0 Å². The van der Waals surface area contributed by atoms with Crippen LogP contribution in [-0.2, 0) is 42.6 Å². The van der Waals surface area contributed by atoms with Gasteiger partial charge in [-0.1, -0.05) is 34.1 Å². The summed E-state index contributed by atoms with van der Waals surface area (Å²) < 4.78 is 28.7. The fourth-order valence-electron chi connectivity index (χ4n) is 5.04. The Morgan fingerprint density at radius 1 is 1.14 bits per heavy atom. The monoisotopic (exact) mass is 528 g/mol. The van der Waals surface area contributed by atoms with E-state index in [1.165, 1.54) is 5.01 Å². The number of carbonyl (C=O) groups is 4. The first-order chi connectivity index (χ1) is 16.7. The Morgan fingerprint density at radius 2 is 1.78 bits per heavy atom. The summed E-state index contributed by atoms with van der Waals surface area (Å²) in [5.41, 5.74) is -2.23.